The topological polar surface area (TPSA) is 51.0 Å². The number of halogens is 1. The molecule has 0 amide bonds. The van der Waals surface area contributed by atoms with Crippen LogP contribution in [0.1, 0.15) is 19.3 Å². The third kappa shape index (κ3) is 1.66. The molecule has 1 atom stereocenters. The Morgan fingerprint density at radius 1 is 1.54 bits per heavy atom. The number of rotatable bonds is 2. The lowest BCUT2D eigenvalue weighted by atomic mass is 9.91. The Hall–Kier alpha value is -0.320. The van der Waals surface area contributed by atoms with Gasteiger partial charge in [0.15, 0.2) is 0 Å². The summed E-state index contributed by atoms with van der Waals surface area (Å²) >= 11 is 6.07. The SMILES string of the molecule is COC1(OC)/C(=N/O)CCCC1Cl. The third-order valence-electron chi connectivity index (χ3n) is 2.41. The summed E-state index contributed by atoms with van der Waals surface area (Å²) < 4.78 is 10.4. The lowest BCUT2D eigenvalue weighted by molar-refractivity contribution is -0.161. The molecule has 1 N–H and O–H groups in total. The van der Waals surface area contributed by atoms with Crippen LogP contribution in [0, 0.1) is 0 Å². The minimum Gasteiger partial charge on any atom is -0.411 e. The fraction of sp³-hybridized carbons (Fsp3) is 0.875. The summed E-state index contributed by atoms with van der Waals surface area (Å²) in [5.74, 6) is -1.05. The van der Waals surface area contributed by atoms with E-state index in [-0.39, 0.29) is 5.38 Å². The van der Waals surface area contributed by atoms with Crippen molar-refractivity contribution in [3.8, 4) is 0 Å². The Morgan fingerprint density at radius 2 is 2.15 bits per heavy atom. The lowest BCUT2D eigenvalue weighted by Gasteiger charge is -2.38. The average Bonchev–Trinajstić information content (AvgIpc) is 2.18. The highest BCUT2D eigenvalue weighted by Crippen LogP contribution is 2.33. The Bertz CT molecular complexity index is 204. The summed E-state index contributed by atoms with van der Waals surface area (Å²) in [6.07, 6.45) is 2.34. The fourth-order valence-electron chi connectivity index (χ4n) is 1.69. The van der Waals surface area contributed by atoms with Gasteiger partial charge < -0.3 is 14.7 Å². The molecule has 1 aliphatic carbocycles. The van der Waals surface area contributed by atoms with Gasteiger partial charge in [-0.05, 0) is 19.3 Å². The van der Waals surface area contributed by atoms with Crippen molar-refractivity contribution in [1.82, 2.24) is 0 Å². The normalized spacial score (nSPS) is 30.7. The van der Waals surface area contributed by atoms with E-state index in [1.54, 1.807) is 0 Å². The molecular formula is C8H14ClNO3. The van der Waals surface area contributed by atoms with Gasteiger partial charge in [-0.3, -0.25) is 0 Å². The molecule has 5 heteroatoms. The maximum atomic E-state index is 8.78. The van der Waals surface area contributed by atoms with E-state index >= 15 is 0 Å². The molecule has 0 aromatic carbocycles. The predicted molar refractivity (Wildman–Crippen MR) is 49.5 cm³/mol. The lowest BCUT2D eigenvalue weighted by Crippen LogP contribution is -2.52. The summed E-state index contributed by atoms with van der Waals surface area (Å²) in [5, 5.41) is 11.6. The van der Waals surface area contributed by atoms with E-state index < -0.39 is 5.79 Å². The standard InChI is InChI=1S/C8H14ClNO3/c1-12-8(13-2)6(9)4-3-5-7(8)10-11/h6,11H,3-5H2,1-2H3/b10-7+. The van der Waals surface area contributed by atoms with Crippen LogP contribution in [0.2, 0.25) is 0 Å². The molecule has 1 unspecified atom stereocenters. The van der Waals surface area contributed by atoms with Gasteiger partial charge in [-0.15, -0.1) is 11.6 Å². The zero-order chi connectivity index (χ0) is 9.90. The number of alkyl halides is 1. The van der Waals surface area contributed by atoms with Crippen LogP contribution in [0.25, 0.3) is 0 Å². The van der Waals surface area contributed by atoms with E-state index in [0.717, 1.165) is 12.8 Å². The smallest absolute Gasteiger partial charge is 0.228 e. The summed E-state index contributed by atoms with van der Waals surface area (Å²) in [6.45, 7) is 0. The molecule has 0 heterocycles. The fourth-order valence-corrected chi connectivity index (χ4v) is 2.15. The van der Waals surface area contributed by atoms with Gasteiger partial charge in [0.1, 0.15) is 5.71 Å². The Labute approximate surface area is 82.5 Å². The first kappa shape index (κ1) is 10.8. The van der Waals surface area contributed by atoms with E-state index in [1.807, 2.05) is 0 Å². The average molecular weight is 208 g/mol. The zero-order valence-electron chi connectivity index (χ0n) is 7.79. The van der Waals surface area contributed by atoms with E-state index in [4.69, 9.17) is 26.3 Å². The molecule has 0 bridgehead atoms. The van der Waals surface area contributed by atoms with Crippen molar-refractivity contribution < 1.29 is 14.7 Å². The quantitative estimate of drug-likeness (QED) is 0.324. The predicted octanol–water partition coefficient (Wildman–Crippen LogP) is 1.60. The van der Waals surface area contributed by atoms with Crippen molar-refractivity contribution >= 4 is 17.3 Å². The Balaban J connectivity index is 2.95. The first-order valence-electron chi connectivity index (χ1n) is 4.17. The van der Waals surface area contributed by atoms with Crippen LogP contribution < -0.4 is 0 Å². The number of hydrogen-bond donors (Lipinski definition) is 1. The molecular weight excluding hydrogens is 194 g/mol. The molecule has 4 nitrogen and oxygen atoms in total. The highest BCUT2D eigenvalue weighted by molar-refractivity contribution is 6.23. The molecule has 0 spiro atoms. The number of oxime groups is 1. The van der Waals surface area contributed by atoms with Gasteiger partial charge >= 0.3 is 0 Å². The van der Waals surface area contributed by atoms with E-state index in [0.29, 0.717) is 12.1 Å². The monoisotopic (exact) mass is 207 g/mol. The van der Waals surface area contributed by atoms with Crippen LogP contribution in [0.15, 0.2) is 5.16 Å². The summed E-state index contributed by atoms with van der Waals surface area (Å²) in [6, 6.07) is 0. The number of methoxy groups -OCH3 is 2. The maximum absolute atomic E-state index is 8.78. The van der Waals surface area contributed by atoms with Crippen molar-refractivity contribution in [3.63, 3.8) is 0 Å². The minimum absolute atomic E-state index is 0.304. The molecule has 1 fully saturated rings. The van der Waals surface area contributed by atoms with E-state index in [9.17, 15) is 0 Å². The summed E-state index contributed by atoms with van der Waals surface area (Å²) in [5.41, 5.74) is 0.462. The van der Waals surface area contributed by atoms with Crippen molar-refractivity contribution in [2.45, 2.75) is 30.4 Å². The van der Waals surface area contributed by atoms with Gasteiger partial charge in [-0.25, -0.2) is 0 Å². The molecule has 1 saturated carbocycles. The van der Waals surface area contributed by atoms with Crippen LogP contribution in [0.5, 0.6) is 0 Å². The minimum atomic E-state index is -1.05. The van der Waals surface area contributed by atoms with E-state index in [2.05, 4.69) is 5.16 Å². The van der Waals surface area contributed by atoms with Crippen molar-refractivity contribution in [3.05, 3.63) is 0 Å². The maximum Gasteiger partial charge on any atom is 0.228 e. The number of hydrogen-bond acceptors (Lipinski definition) is 4. The van der Waals surface area contributed by atoms with Crippen molar-refractivity contribution in [2.75, 3.05) is 14.2 Å². The van der Waals surface area contributed by atoms with Crippen molar-refractivity contribution in [2.24, 2.45) is 5.16 Å². The highest BCUT2D eigenvalue weighted by atomic mass is 35.5. The molecule has 0 radical (unpaired) electrons. The summed E-state index contributed by atoms with van der Waals surface area (Å²) in [4.78, 5) is 0. The van der Waals surface area contributed by atoms with Gasteiger partial charge in [0, 0.05) is 14.2 Å². The molecule has 0 saturated heterocycles. The van der Waals surface area contributed by atoms with Gasteiger partial charge in [-0.2, -0.15) is 0 Å². The van der Waals surface area contributed by atoms with Crippen LogP contribution in [-0.2, 0) is 9.47 Å². The van der Waals surface area contributed by atoms with Gasteiger partial charge in [0.2, 0.25) is 5.79 Å². The molecule has 0 aromatic rings. The molecule has 0 aliphatic heterocycles. The first-order valence-corrected chi connectivity index (χ1v) is 4.60. The van der Waals surface area contributed by atoms with Crippen LogP contribution >= 0.6 is 11.6 Å². The second-order valence-corrected chi connectivity index (χ2v) is 3.51. The van der Waals surface area contributed by atoms with Crippen LogP contribution in [0.3, 0.4) is 0 Å². The highest BCUT2D eigenvalue weighted by Gasteiger charge is 2.46. The number of ether oxygens (including phenoxy) is 2. The van der Waals surface area contributed by atoms with Crippen molar-refractivity contribution in [1.29, 1.82) is 0 Å². The van der Waals surface area contributed by atoms with E-state index in [1.165, 1.54) is 14.2 Å². The van der Waals surface area contributed by atoms with Gasteiger partial charge in [0.25, 0.3) is 0 Å². The third-order valence-corrected chi connectivity index (χ3v) is 2.92. The van der Waals surface area contributed by atoms with Gasteiger partial charge in [0.05, 0.1) is 5.38 Å². The number of nitrogens with zero attached hydrogens (tertiary/aromatic N) is 1. The van der Waals surface area contributed by atoms with Gasteiger partial charge in [-0.1, -0.05) is 5.16 Å². The zero-order valence-corrected chi connectivity index (χ0v) is 8.54. The first-order chi connectivity index (χ1) is 6.21. The molecule has 13 heavy (non-hydrogen) atoms. The molecule has 1 aliphatic rings. The van der Waals surface area contributed by atoms with Crippen LogP contribution in [0.4, 0.5) is 0 Å². The molecule has 1 rings (SSSR count). The summed E-state index contributed by atoms with van der Waals surface area (Å²) in [7, 11) is 2.99. The molecule has 76 valence electrons. The second-order valence-electron chi connectivity index (χ2n) is 2.98. The second kappa shape index (κ2) is 4.26. The Kier molecular flexibility index (Phi) is 3.53. The molecule has 0 aromatic heterocycles. The Morgan fingerprint density at radius 3 is 2.54 bits per heavy atom. The largest absolute Gasteiger partial charge is 0.411 e. The van der Waals surface area contributed by atoms with Crippen LogP contribution in [-0.4, -0.2) is 36.3 Å².